The van der Waals surface area contributed by atoms with Gasteiger partial charge in [-0.15, -0.1) is 0 Å². The van der Waals surface area contributed by atoms with Gasteiger partial charge in [0.1, 0.15) is 28.7 Å². The van der Waals surface area contributed by atoms with Gasteiger partial charge in [0, 0.05) is 29.9 Å². The molecule has 5 nitrogen and oxygen atoms in total. The zero-order chi connectivity index (χ0) is 18.3. The number of rotatable bonds is 4. The fourth-order valence-electron chi connectivity index (χ4n) is 2.94. The van der Waals surface area contributed by atoms with Gasteiger partial charge in [-0.05, 0) is 33.8 Å². The molecule has 1 aromatic carbocycles. The Morgan fingerprint density at radius 3 is 2.76 bits per heavy atom. The summed E-state index contributed by atoms with van der Waals surface area (Å²) in [6.07, 6.45) is 3.78. The smallest absolute Gasteiger partial charge is 0.149 e. The van der Waals surface area contributed by atoms with Crippen molar-refractivity contribution in [2.75, 3.05) is 5.73 Å². The van der Waals surface area contributed by atoms with Crippen molar-refractivity contribution in [3.8, 4) is 5.75 Å². The predicted octanol–water partition coefficient (Wildman–Crippen LogP) is 4.10. The molecule has 0 aliphatic carbocycles. The van der Waals surface area contributed by atoms with Crippen LogP contribution in [0.4, 0.5) is 10.2 Å². The summed E-state index contributed by atoms with van der Waals surface area (Å²) in [6, 6.07) is 1.60. The Hall–Kier alpha value is -2.34. The van der Waals surface area contributed by atoms with E-state index in [4.69, 9.17) is 22.1 Å². The van der Waals surface area contributed by atoms with Crippen LogP contribution in [-0.4, -0.2) is 20.5 Å². The van der Waals surface area contributed by atoms with E-state index >= 15 is 0 Å². The van der Waals surface area contributed by atoms with Gasteiger partial charge in [-0.2, -0.15) is 0 Å². The molecule has 0 aliphatic rings. The number of anilines is 1. The number of hydrogen-bond acceptors (Lipinski definition) is 4. The largest absolute Gasteiger partial charge is 0.490 e. The number of halogens is 2. The van der Waals surface area contributed by atoms with E-state index in [0.29, 0.717) is 23.6 Å². The van der Waals surface area contributed by atoms with E-state index in [-0.39, 0.29) is 11.1 Å². The van der Waals surface area contributed by atoms with Gasteiger partial charge in [-0.25, -0.2) is 14.4 Å². The van der Waals surface area contributed by atoms with Crippen molar-refractivity contribution in [1.82, 2.24) is 14.4 Å². The summed E-state index contributed by atoms with van der Waals surface area (Å²) in [7, 11) is 0. The van der Waals surface area contributed by atoms with Gasteiger partial charge in [-0.1, -0.05) is 11.6 Å². The second kappa shape index (κ2) is 6.52. The summed E-state index contributed by atoms with van der Waals surface area (Å²) in [5, 5.41) is 0.0716. The minimum atomic E-state index is -0.460. The van der Waals surface area contributed by atoms with Crippen LogP contribution in [0.1, 0.15) is 36.5 Å². The minimum Gasteiger partial charge on any atom is -0.490 e. The number of benzene rings is 1. The molecule has 0 fully saturated rings. The Balaban J connectivity index is 2.14. The molecule has 25 heavy (non-hydrogen) atoms. The van der Waals surface area contributed by atoms with Crippen molar-refractivity contribution in [3.63, 3.8) is 0 Å². The highest BCUT2D eigenvalue weighted by Crippen LogP contribution is 2.34. The number of imidazole rings is 1. The van der Waals surface area contributed by atoms with Crippen LogP contribution in [0, 0.1) is 19.7 Å². The highest BCUT2D eigenvalue weighted by atomic mass is 35.5. The van der Waals surface area contributed by atoms with E-state index < -0.39 is 5.82 Å². The van der Waals surface area contributed by atoms with Crippen molar-refractivity contribution in [2.24, 2.45) is 0 Å². The maximum absolute atomic E-state index is 14.2. The van der Waals surface area contributed by atoms with Crippen LogP contribution >= 0.6 is 11.6 Å². The number of aryl methyl sites for hydroxylation is 1. The van der Waals surface area contributed by atoms with Gasteiger partial charge in [0.15, 0.2) is 0 Å². The van der Waals surface area contributed by atoms with Gasteiger partial charge < -0.3 is 10.5 Å². The lowest BCUT2D eigenvalue weighted by molar-refractivity contribution is 0.237. The lowest BCUT2D eigenvalue weighted by Crippen LogP contribution is -2.11. The highest BCUT2D eigenvalue weighted by Gasteiger charge is 2.19. The van der Waals surface area contributed by atoms with Gasteiger partial charge in [0.2, 0.25) is 0 Å². The van der Waals surface area contributed by atoms with Crippen molar-refractivity contribution in [1.29, 1.82) is 0 Å². The van der Waals surface area contributed by atoms with Gasteiger partial charge in [-0.3, -0.25) is 4.40 Å². The van der Waals surface area contributed by atoms with Gasteiger partial charge >= 0.3 is 0 Å². The standard InChI is InChI=1S/C18H20ClFN4O/c1-9(2)25-17-10(3)15(20)13(19)7-12(17)8-14-23-11(4)16-18(21)22-5-6-24(14)16/h5-7,9H,8H2,1-4H3,(H2,21,22). The van der Waals surface area contributed by atoms with E-state index in [1.54, 1.807) is 19.2 Å². The number of nitrogens with two attached hydrogens (primary N) is 1. The first-order chi connectivity index (χ1) is 11.8. The predicted molar refractivity (Wildman–Crippen MR) is 96.9 cm³/mol. The summed E-state index contributed by atoms with van der Waals surface area (Å²) in [6.45, 7) is 7.35. The molecule has 0 amide bonds. The Bertz CT molecular complexity index is 952. The first-order valence-electron chi connectivity index (χ1n) is 8.01. The Labute approximate surface area is 150 Å². The fourth-order valence-corrected chi connectivity index (χ4v) is 3.22. The molecule has 0 aliphatic heterocycles. The summed E-state index contributed by atoms with van der Waals surface area (Å²) in [5.74, 6) is 1.23. The van der Waals surface area contributed by atoms with Crippen LogP contribution in [0.2, 0.25) is 5.02 Å². The number of ether oxygens (including phenoxy) is 1. The first-order valence-corrected chi connectivity index (χ1v) is 8.39. The molecule has 0 saturated heterocycles. The molecule has 0 unspecified atom stereocenters. The topological polar surface area (TPSA) is 65.4 Å². The molecule has 7 heteroatoms. The van der Waals surface area contributed by atoms with Gasteiger partial charge in [0.25, 0.3) is 0 Å². The van der Waals surface area contributed by atoms with E-state index in [1.165, 1.54) is 0 Å². The third kappa shape index (κ3) is 3.14. The highest BCUT2D eigenvalue weighted by molar-refractivity contribution is 6.31. The Kier molecular flexibility index (Phi) is 4.56. The molecule has 0 saturated carbocycles. The van der Waals surface area contributed by atoms with Crippen molar-refractivity contribution in [3.05, 3.63) is 51.9 Å². The number of hydrogen-bond donors (Lipinski definition) is 1. The zero-order valence-electron chi connectivity index (χ0n) is 14.6. The molecule has 132 valence electrons. The molecule has 3 rings (SSSR count). The van der Waals surface area contributed by atoms with Crippen LogP contribution < -0.4 is 10.5 Å². The average Bonchev–Trinajstić information content (AvgIpc) is 2.86. The van der Waals surface area contributed by atoms with Crippen LogP contribution in [0.25, 0.3) is 5.52 Å². The summed E-state index contributed by atoms with van der Waals surface area (Å²) < 4.78 is 22.0. The number of aromatic nitrogens is 3. The molecule has 0 spiro atoms. The number of fused-ring (bicyclic) bond motifs is 1. The Morgan fingerprint density at radius 1 is 1.36 bits per heavy atom. The molecule has 2 heterocycles. The summed E-state index contributed by atoms with van der Waals surface area (Å²) in [5.41, 5.74) is 8.70. The van der Waals surface area contributed by atoms with E-state index in [0.717, 1.165) is 22.6 Å². The normalized spacial score (nSPS) is 11.5. The first kappa shape index (κ1) is 17.5. The average molecular weight is 363 g/mol. The molecule has 0 bridgehead atoms. The number of nitrogens with zero attached hydrogens (tertiary/aromatic N) is 3. The third-order valence-electron chi connectivity index (χ3n) is 4.00. The second-order valence-corrected chi connectivity index (χ2v) is 6.68. The second-order valence-electron chi connectivity index (χ2n) is 6.27. The summed E-state index contributed by atoms with van der Waals surface area (Å²) >= 11 is 6.05. The lowest BCUT2D eigenvalue weighted by atomic mass is 10.1. The molecule has 2 aromatic heterocycles. The van der Waals surface area contributed by atoms with Crippen LogP contribution in [0.3, 0.4) is 0 Å². The van der Waals surface area contributed by atoms with E-state index in [1.807, 2.05) is 31.4 Å². The molecule has 2 N–H and O–H groups in total. The molecular weight excluding hydrogens is 343 g/mol. The Morgan fingerprint density at radius 2 is 2.08 bits per heavy atom. The minimum absolute atomic E-state index is 0.0716. The zero-order valence-corrected chi connectivity index (χ0v) is 15.4. The molecule has 3 aromatic rings. The van der Waals surface area contributed by atoms with Crippen molar-refractivity contribution < 1.29 is 9.13 Å². The third-order valence-corrected chi connectivity index (χ3v) is 4.28. The summed E-state index contributed by atoms with van der Waals surface area (Å²) in [4.78, 5) is 8.71. The quantitative estimate of drug-likeness (QED) is 0.758. The maximum Gasteiger partial charge on any atom is 0.149 e. The lowest BCUT2D eigenvalue weighted by Gasteiger charge is -2.18. The maximum atomic E-state index is 14.2. The van der Waals surface area contributed by atoms with Crippen molar-refractivity contribution >= 4 is 22.9 Å². The van der Waals surface area contributed by atoms with E-state index in [9.17, 15) is 4.39 Å². The monoisotopic (exact) mass is 362 g/mol. The van der Waals surface area contributed by atoms with Crippen LogP contribution in [0.15, 0.2) is 18.5 Å². The van der Waals surface area contributed by atoms with Gasteiger partial charge in [0.05, 0.1) is 16.8 Å². The molecular formula is C18H20ClFN4O. The van der Waals surface area contributed by atoms with Crippen LogP contribution in [-0.2, 0) is 6.42 Å². The molecule has 0 atom stereocenters. The fraction of sp³-hybridized carbons (Fsp3) is 0.333. The van der Waals surface area contributed by atoms with Crippen LogP contribution in [0.5, 0.6) is 5.75 Å². The SMILES string of the molecule is Cc1c(F)c(Cl)cc(Cc2nc(C)c3c(N)nccn23)c1OC(C)C. The molecule has 0 radical (unpaired) electrons. The van der Waals surface area contributed by atoms with E-state index in [2.05, 4.69) is 9.97 Å². The van der Waals surface area contributed by atoms with Crippen molar-refractivity contribution in [2.45, 2.75) is 40.2 Å². The number of nitrogen functional groups attached to an aromatic ring is 1.